The predicted octanol–water partition coefficient (Wildman–Crippen LogP) is 4.11. The Labute approximate surface area is 211 Å². The highest BCUT2D eigenvalue weighted by atomic mass is 16.5. The molecule has 1 amide bonds. The van der Waals surface area contributed by atoms with Crippen molar-refractivity contribution >= 4 is 23.1 Å². The van der Waals surface area contributed by atoms with Crippen LogP contribution in [-0.4, -0.2) is 69.3 Å². The van der Waals surface area contributed by atoms with Crippen LogP contribution in [0.2, 0.25) is 0 Å². The van der Waals surface area contributed by atoms with Gasteiger partial charge in [-0.2, -0.15) is 0 Å². The molecule has 8 nitrogen and oxygen atoms in total. The molecule has 1 saturated heterocycles. The first kappa shape index (κ1) is 25.4. The van der Waals surface area contributed by atoms with Crippen LogP contribution in [0.1, 0.15) is 48.8 Å². The van der Waals surface area contributed by atoms with Crippen LogP contribution >= 0.6 is 0 Å². The number of aliphatic hydroxyl groups excluding tert-OH is 1. The largest absolute Gasteiger partial charge is 0.505 e. The number of aliphatic hydroxyl groups is 1. The number of carbonyl (C=O) groups excluding carboxylic acids is 2. The molecule has 1 unspecified atom stereocenters. The summed E-state index contributed by atoms with van der Waals surface area (Å²) in [4.78, 5) is 35.2. The van der Waals surface area contributed by atoms with Crippen LogP contribution < -0.4 is 4.74 Å². The summed E-state index contributed by atoms with van der Waals surface area (Å²) >= 11 is 0. The van der Waals surface area contributed by atoms with Gasteiger partial charge in [-0.3, -0.25) is 9.59 Å². The summed E-state index contributed by atoms with van der Waals surface area (Å²) < 4.78 is 7.29. The standard InChI is InChI=1S/C28H34N4O4/c1-6-30(7-2)14-10-16-32-24(20-12-8-13-21(17-20)36-5)22(26(34)28(32)35)25(33)23-19(4)31-15-9-11-18(3)27(31)29-23/h8-9,11-13,15,17,24,33H,6-7,10,14,16H2,1-5H3. The van der Waals surface area contributed by atoms with Gasteiger partial charge in [-0.15, -0.1) is 0 Å². The summed E-state index contributed by atoms with van der Waals surface area (Å²) in [7, 11) is 1.57. The van der Waals surface area contributed by atoms with E-state index in [0.29, 0.717) is 41.3 Å². The molecule has 1 aliphatic rings. The fourth-order valence-corrected chi connectivity index (χ4v) is 4.95. The molecular weight excluding hydrogens is 456 g/mol. The first-order chi connectivity index (χ1) is 17.3. The Balaban J connectivity index is 1.83. The molecule has 0 bridgehead atoms. The van der Waals surface area contributed by atoms with E-state index in [2.05, 4.69) is 23.7 Å². The number of ketones is 1. The molecule has 0 aliphatic carbocycles. The molecular formula is C28H34N4O4. The third-order valence-corrected chi connectivity index (χ3v) is 7.03. The van der Waals surface area contributed by atoms with Crippen molar-refractivity contribution in [2.75, 3.05) is 33.3 Å². The van der Waals surface area contributed by atoms with Crippen molar-refractivity contribution in [1.29, 1.82) is 0 Å². The zero-order chi connectivity index (χ0) is 26.0. The van der Waals surface area contributed by atoms with Gasteiger partial charge in [-0.1, -0.05) is 32.0 Å². The van der Waals surface area contributed by atoms with Gasteiger partial charge in [0.05, 0.1) is 24.4 Å². The van der Waals surface area contributed by atoms with Crippen molar-refractivity contribution in [1.82, 2.24) is 19.2 Å². The van der Waals surface area contributed by atoms with E-state index in [1.165, 1.54) is 0 Å². The molecule has 1 atom stereocenters. The maximum atomic E-state index is 13.4. The number of ether oxygens (including phenoxy) is 1. The lowest BCUT2D eigenvalue weighted by Gasteiger charge is -2.27. The topological polar surface area (TPSA) is 87.4 Å². The molecule has 4 rings (SSSR count). The fourth-order valence-electron chi connectivity index (χ4n) is 4.95. The molecule has 3 heterocycles. The molecule has 1 aliphatic heterocycles. The van der Waals surface area contributed by atoms with Crippen molar-refractivity contribution < 1.29 is 19.4 Å². The number of carbonyl (C=O) groups is 2. The third-order valence-electron chi connectivity index (χ3n) is 7.03. The van der Waals surface area contributed by atoms with Gasteiger partial charge < -0.3 is 24.0 Å². The number of Topliss-reactive ketones (excluding diaryl/α,β-unsaturated/α-hetero) is 1. The normalized spacial score (nSPS) is 17.5. The molecule has 0 saturated carbocycles. The molecule has 36 heavy (non-hydrogen) atoms. The number of rotatable bonds is 9. The number of pyridine rings is 1. The lowest BCUT2D eigenvalue weighted by Crippen LogP contribution is -2.33. The van der Waals surface area contributed by atoms with E-state index in [0.717, 1.165) is 25.2 Å². The second kappa shape index (κ2) is 10.5. The Morgan fingerprint density at radius 1 is 1.14 bits per heavy atom. The number of fused-ring (bicyclic) bond motifs is 1. The molecule has 0 spiro atoms. The maximum absolute atomic E-state index is 13.4. The van der Waals surface area contributed by atoms with Gasteiger partial charge in [0, 0.05) is 12.7 Å². The Hall–Kier alpha value is -3.65. The number of aryl methyl sites for hydroxylation is 2. The summed E-state index contributed by atoms with van der Waals surface area (Å²) in [6, 6.07) is 10.4. The number of amides is 1. The highest BCUT2D eigenvalue weighted by molar-refractivity contribution is 6.46. The van der Waals surface area contributed by atoms with Gasteiger partial charge in [-0.25, -0.2) is 4.98 Å². The van der Waals surface area contributed by atoms with E-state index in [9.17, 15) is 14.7 Å². The van der Waals surface area contributed by atoms with Crippen molar-refractivity contribution in [2.24, 2.45) is 0 Å². The van der Waals surface area contributed by atoms with Gasteiger partial charge >= 0.3 is 0 Å². The smallest absolute Gasteiger partial charge is 0.295 e. The van der Waals surface area contributed by atoms with Crippen molar-refractivity contribution in [3.8, 4) is 5.75 Å². The Morgan fingerprint density at radius 2 is 1.89 bits per heavy atom. The van der Waals surface area contributed by atoms with E-state index >= 15 is 0 Å². The molecule has 0 radical (unpaired) electrons. The Kier molecular flexibility index (Phi) is 7.45. The van der Waals surface area contributed by atoms with Crippen LogP contribution in [0.4, 0.5) is 0 Å². The Bertz CT molecular complexity index is 1320. The summed E-state index contributed by atoms with van der Waals surface area (Å²) in [5.41, 5.74) is 3.40. The lowest BCUT2D eigenvalue weighted by molar-refractivity contribution is -0.140. The minimum absolute atomic E-state index is 0.0558. The fraction of sp³-hybridized carbons (Fsp3) is 0.393. The average Bonchev–Trinajstić information content (AvgIpc) is 3.36. The monoisotopic (exact) mass is 490 g/mol. The second-order valence-corrected chi connectivity index (χ2v) is 9.08. The summed E-state index contributed by atoms with van der Waals surface area (Å²) in [5.74, 6) is -0.952. The Morgan fingerprint density at radius 3 is 2.56 bits per heavy atom. The van der Waals surface area contributed by atoms with E-state index in [-0.39, 0.29) is 11.3 Å². The van der Waals surface area contributed by atoms with Crippen LogP contribution in [0.5, 0.6) is 5.75 Å². The predicted molar refractivity (Wildman–Crippen MR) is 139 cm³/mol. The SMILES string of the molecule is CCN(CC)CCCN1C(=O)C(=O)C(=C(O)c2nc3c(C)cccn3c2C)C1c1cccc(OC)c1. The van der Waals surface area contributed by atoms with Crippen molar-refractivity contribution in [3.05, 3.63) is 70.7 Å². The van der Waals surface area contributed by atoms with Crippen LogP contribution in [-0.2, 0) is 9.59 Å². The number of hydrogen-bond acceptors (Lipinski definition) is 6. The molecule has 1 aromatic carbocycles. The van der Waals surface area contributed by atoms with E-state index < -0.39 is 17.7 Å². The van der Waals surface area contributed by atoms with Crippen molar-refractivity contribution in [2.45, 2.75) is 40.2 Å². The molecule has 1 fully saturated rings. The van der Waals surface area contributed by atoms with Gasteiger partial charge in [0.15, 0.2) is 5.76 Å². The quantitative estimate of drug-likeness (QED) is 0.276. The van der Waals surface area contributed by atoms with Crippen LogP contribution in [0.15, 0.2) is 48.2 Å². The number of imidazole rings is 1. The highest BCUT2D eigenvalue weighted by Crippen LogP contribution is 2.40. The first-order valence-corrected chi connectivity index (χ1v) is 12.4. The third kappa shape index (κ3) is 4.48. The molecule has 3 aromatic rings. The van der Waals surface area contributed by atoms with Crippen molar-refractivity contribution in [3.63, 3.8) is 0 Å². The number of hydrogen-bond donors (Lipinski definition) is 1. The first-order valence-electron chi connectivity index (χ1n) is 12.4. The lowest BCUT2D eigenvalue weighted by atomic mass is 9.96. The number of likely N-dealkylation sites (tertiary alicyclic amines) is 1. The molecule has 190 valence electrons. The van der Waals surface area contributed by atoms with Gasteiger partial charge in [0.2, 0.25) is 0 Å². The summed E-state index contributed by atoms with van der Waals surface area (Å²) in [6.45, 7) is 11.0. The summed E-state index contributed by atoms with van der Waals surface area (Å²) in [6.07, 6.45) is 2.58. The van der Waals surface area contributed by atoms with E-state index in [4.69, 9.17) is 4.74 Å². The van der Waals surface area contributed by atoms with Gasteiger partial charge in [0.25, 0.3) is 11.7 Å². The highest BCUT2D eigenvalue weighted by Gasteiger charge is 2.46. The minimum atomic E-state index is -0.734. The van der Waals surface area contributed by atoms with E-state index in [1.807, 2.05) is 60.8 Å². The minimum Gasteiger partial charge on any atom is -0.505 e. The molecule has 1 N–H and O–H groups in total. The number of benzene rings is 1. The number of nitrogens with zero attached hydrogens (tertiary/aromatic N) is 4. The zero-order valence-electron chi connectivity index (χ0n) is 21.6. The number of aromatic nitrogens is 2. The summed E-state index contributed by atoms with van der Waals surface area (Å²) in [5, 5.41) is 11.5. The molecule has 2 aromatic heterocycles. The number of methoxy groups -OCH3 is 1. The molecule has 8 heteroatoms. The van der Waals surface area contributed by atoms with Crippen LogP contribution in [0, 0.1) is 13.8 Å². The second-order valence-electron chi connectivity index (χ2n) is 9.08. The maximum Gasteiger partial charge on any atom is 0.295 e. The van der Waals surface area contributed by atoms with Gasteiger partial charge in [-0.05, 0) is 69.2 Å². The van der Waals surface area contributed by atoms with E-state index in [1.54, 1.807) is 12.0 Å². The zero-order valence-corrected chi connectivity index (χ0v) is 21.6. The van der Waals surface area contributed by atoms with Crippen LogP contribution in [0.3, 0.4) is 0 Å². The average molecular weight is 491 g/mol. The van der Waals surface area contributed by atoms with Gasteiger partial charge in [0.1, 0.15) is 17.1 Å². The van der Waals surface area contributed by atoms with Crippen LogP contribution in [0.25, 0.3) is 11.4 Å².